The predicted molar refractivity (Wildman–Crippen MR) is 114 cm³/mol. The highest BCUT2D eigenvalue weighted by Gasteiger charge is 2.38. The van der Waals surface area contributed by atoms with Crippen LogP contribution in [0.15, 0.2) is 36.7 Å². The van der Waals surface area contributed by atoms with Crippen LogP contribution < -0.4 is 10.1 Å². The van der Waals surface area contributed by atoms with Gasteiger partial charge < -0.3 is 15.2 Å². The topological polar surface area (TPSA) is 98.0 Å². The van der Waals surface area contributed by atoms with Gasteiger partial charge in [-0.1, -0.05) is 0 Å². The molecule has 1 aliphatic heterocycles. The number of aryl methyl sites for hydroxylation is 1. The van der Waals surface area contributed by atoms with Crippen molar-refractivity contribution in [1.82, 2.24) is 30.3 Å². The molecule has 0 bridgehead atoms. The zero-order valence-corrected chi connectivity index (χ0v) is 18.0. The van der Waals surface area contributed by atoms with E-state index < -0.39 is 0 Å². The molecule has 0 unspecified atom stereocenters. The molecule has 1 fully saturated rings. The number of hydrogen-bond acceptors (Lipinski definition) is 7. The van der Waals surface area contributed by atoms with E-state index in [1.165, 1.54) is 0 Å². The van der Waals surface area contributed by atoms with Crippen LogP contribution in [0.3, 0.4) is 0 Å². The molecule has 3 aromatic heterocycles. The smallest absolute Gasteiger partial charge is 0.233 e. The summed E-state index contributed by atoms with van der Waals surface area (Å²) < 4.78 is 7.82. The Morgan fingerprint density at radius 3 is 2.37 bits per heavy atom. The molecule has 0 aromatic carbocycles. The Balaban J connectivity index is 1.50. The lowest BCUT2D eigenvalue weighted by Gasteiger charge is -2.46. The van der Waals surface area contributed by atoms with Crippen molar-refractivity contribution in [2.45, 2.75) is 57.7 Å². The molecular weight excluding hydrogens is 380 g/mol. The third kappa shape index (κ3) is 4.43. The molecule has 30 heavy (non-hydrogen) atoms. The predicted octanol–water partition coefficient (Wildman–Crippen LogP) is 3.33. The highest BCUT2D eigenvalue weighted by Crippen LogP contribution is 2.32. The minimum absolute atomic E-state index is 0.00908. The molecular formula is C22H28N6O2. The molecule has 8 heteroatoms. The van der Waals surface area contributed by atoms with E-state index in [0.717, 1.165) is 24.1 Å². The maximum Gasteiger partial charge on any atom is 0.233 e. The average Bonchev–Trinajstić information content (AvgIpc) is 3.06. The maximum absolute atomic E-state index is 10.5. The molecule has 0 atom stereocenters. The van der Waals surface area contributed by atoms with Crippen LogP contribution in [0.25, 0.3) is 22.6 Å². The zero-order valence-electron chi connectivity index (χ0n) is 18.0. The summed E-state index contributed by atoms with van der Waals surface area (Å²) in [5.41, 5.74) is 2.32. The van der Waals surface area contributed by atoms with Crippen LogP contribution in [0.5, 0.6) is 11.6 Å². The van der Waals surface area contributed by atoms with E-state index in [4.69, 9.17) is 4.74 Å². The SMILES string of the molecule is Cn1ccc(-c2cnc(-c3ccc(OC4CC(C)(C)NC(C)(C)C4)nn3)c(O)c2)n1. The lowest BCUT2D eigenvalue weighted by atomic mass is 9.81. The second-order valence-electron chi connectivity index (χ2n) is 9.26. The van der Waals surface area contributed by atoms with Crippen LogP contribution in [0.1, 0.15) is 40.5 Å². The lowest BCUT2D eigenvalue weighted by Crippen LogP contribution is -2.60. The second-order valence-corrected chi connectivity index (χ2v) is 9.26. The van der Waals surface area contributed by atoms with Gasteiger partial charge in [-0.05, 0) is 45.9 Å². The number of pyridine rings is 1. The zero-order chi connectivity index (χ0) is 21.5. The molecule has 1 saturated heterocycles. The Labute approximate surface area is 176 Å². The van der Waals surface area contributed by atoms with E-state index in [1.54, 1.807) is 29.1 Å². The van der Waals surface area contributed by atoms with Crippen molar-refractivity contribution in [3.63, 3.8) is 0 Å². The Morgan fingerprint density at radius 2 is 1.80 bits per heavy atom. The number of piperidine rings is 1. The summed E-state index contributed by atoms with van der Waals surface area (Å²) in [4.78, 5) is 4.37. The van der Waals surface area contributed by atoms with Crippen molar-refractivity contribution in [2.75, 3.05) is 0 Å². The number of nitrogens with zero attached hydrogens (tertiary/aromatic N) is 5. The summed E-state index contributed by atoms with van der Waals surface area (Å²) in [6.07, 6.45) is 5.34. The minimum Gasteiger partial charge on any atom is -0.506 e. The molecule has 1 aliphatic rings. The number of rotatable bonds is 4. The molecule has 4 heterocycles. The Kier molecular flexibility index (Phi) is 4.97. The normalized spacial score (nSPS) is 18.3. The molecule has 158 valence electrons. The summed E-state index contributed by atoms with van der Waals surface area (Å²) in [5, 5.41) is 26.9. The minimum atomic E-state index is -0.00908. The monoisotopic (exact) mass is 408 g/mol. The van der Waals surface area contributed by atoms with Crippen LogP contribution >= 0.6 is 0 Å². The van der Waals surface area contributed by atoms with Crippen LogP contribution in [0, 0.1) is 0 Å². The van der Waals surface area contributed by atoms with Gasteiger partial charge in [0.15, 0.2) is 0 Å². The van der Waals surface area contributed by atoms with Gasteiger partial charge in [0.25, 0.3) is 0 Å². The molecule has 0 radical (unpaired) electrons. The standard InChI is InChI=1S/C22H28N6O2/c1-21(2)11-15(12-22(3,4)27-21)30-19-7-6-17(24-25-19)20-18(29)10-14(13-23-20)16-8-9-28(5)26-16/h6-10,13,15,27,29H,11-12H2,1-5H3. The van der Waals surface area contributed by atoms with Crippen molar-refractivity contribution in [3.8, 4) is 34.3 Å². The third-order valence-electron chi connectivity index (χ3n) is 5.20. The van der Waals surface area contributed by atoms with Gasteiger partial charge in [-0.3, -0.25) is 4.68 Å². The number of hydrogen-bond donors (Lipinski definition) is 2. The molecule has 3 aromatic rings. The number of aromatic hydroxyl groups is 1. The molecule has 0 aliphatic carbocycles. The summed E-state index contributed by atoms with van der Waals surface area (Å²) in [5.74, 6) is 0.504. The van der Waals surface area contributed by atoms with E-state index >= 15 is 0 Å². The Bertz CT molecular complexity index is 1030. The van der Waals surface area contributed by atoms with E-state index in [-0.39, 0.29) is 22.9 Å². The van der Waals surface area contributed by atoms with Crippen molar-refractivity contribution in [1.29, 1.82) is 0 Å². The first-order chi connectivity index (χ1) is 14.1. The van der Waals surface area contributed by atoms with Gasteiger partial charge in [0, 0.05) is 55.0 Å². The van der Waals surface area contributed by atoms with Gasteiger partial charge in [0.2, 0.25) is 5.88 Å². The largest absolute Gasteiger partial charge is 0.506 e. The number of nitrogens with one attached hydrogen (secondary N) is 1. The van der Waals surface area contributed by atoms with Gasteiger partial charge in [-0.2, -0.15) is 5.10 Å². The van der Waals surface area contributed by atoms with Crippen LogP contribution in [-0.4, -0.2) is 47.3 Å². The van der Waals surface area contributed by atoms with Gasteiger partial charge in [-0.25, -0.2) is 4.98 Å². The first-order valence-electron chi connectivity index (χ1n) is 10.1. The molecule has 4 rings (SSSR count). The van der Waals surface area contributed by atoms with Gasteiger partial charge >= 0.3 is 0 Å². The van der Waals surface area contributed by atoms with E-state index in [9.17, 15) is 5.11 Å². The second kappa shape index (κ2) is 7.36. The molecule has 0 saturated carbocycles. The van der Waals surface area contributed by atoms with Crippen LogP contribution in [0.4, 0.5) is 0 Å². The summed E-state index contributed by atoms with van der Waals surface area (Å²) in [7, 11) is 1.84. The van der Waals surface area contributed by atoms with Gasteiger partial charge in [0.1, 0.15) is 23.2 Å². The van der Waals surface area contributed by atoms with E-state index in [2.05, 4.69) is 53.3 Å². The van der Waals surface area contributed by atoms with Crippen molar-refractivity contribution in [2.24, 2.45) is 7.05 Å². The highest BCUT2D eigenvalue weighted by atomic mass is 16.5. The van der Waals surface area contributed by atoms with Crippen LogP contribution in [-0.2, 0) is 7.05 Å². The summed E-state index contributed by atoms with van der Waals surface area (Å²) >= 11 is 0. The molecule has 0 amide bonds. The van der Waals surface area contributed by atoms with Gasteiger partial charge in [0.05, 0.1) is 5.69 Å². The molecule has 2 N–H and O–H groups in total. The summed E-state index contributed by atoms with van der Waals surface area (Å²) in [6, 6.07) is 7.04. The lowest BCUT2D eigenvalue weighted by molar-refractivity contribution is 0.0524. The molecule has 0 spiro atoms. The number of ether oxygens (including phenoxy) is 1. The summed E-state index contributed by atoms with van der Waals surface area (Å²) in [6.45, 7) is 8.73. The highest BCUT2D eigenvalue weighted by molar-refractivity contribution is 5.68. The average molecular weight is 409 g/mol. The van der Waals surface area contributed by atoms with Crippen LogP contribution in [0.2, 0.25) is 0 Å². The first-order valence-corrected chi connectivity index (χ1v) is 10.1. The van der Waals surface area contributed by atoms with Crippen molar-refractivity contribution < 1.29 is 9.84 Å². The fourth-order valence-electron chi connectivity index (χ4n) is 4.35. The quantitative estimate of drug-likeness (QED) is 0.683. The Morgan fingerprint density at radius 1 is 1.07 bits per heavy atom. The Hall–Kier alpha value is -3.00. The van der Waals surface area contributed by atoms with Gasteiger partial charge in [-0.15, -0.1) is 10.2 Å². The number of aromatic nitrogens is 5. The van der Waals surface area contributed by atoms with E-state index in [1.807, 2.05) is 19.3 Å². The molecule has 8 nitrogen and oxygen atoms in total. The van der Waals surface area contributed by atoms with Crippen molar-refractivity contribution >= 4 is 0 Å². The van der Waals surface area contributed by atoms with Crippen molar-refractivity contribution in [3.05, 3.63) is 36.7 Å². The first kappa shape index (κ1) is 20.3. The maximum atomic E-state index is 10.5. The van der Waals surface area contributed by atoms with E-state index in [0.29, 0.717) is 17.3 Å². The third-order valence-corrected chi connectivity index (χ3v) is 5.20. The fourth-order valence-corrected chi connectivity index (χ4v) is 4.35. The fraction of sp³-hybridized carbons (Fsp3) is 0.455.